The summed E-state index contributed by atoms with van der Waals surface area (Å²) < 4.78 is 5.35. The van der Waals surface area contributed by atoms with E-state index in [0.717, 1.165) is 0 Å². The first-order chi connectivity index (χ1) is 9.51. The van der Waals surface area contributed by atoms with Gasteiger partial charge in [-0.2, -0.15) is 4.98 Å². The summed E-state index contributed by atoms with van der Waals surface area (Å²) in [4.78, 5) is 25.8. The largest absolute Gasteiger partial charge is 0.423 e. The lowest BCUT2D eigenvalue weighted by Gasteiger charge is -2.10. The van der Waals surface area contributed by atoms with Crippen LogP contribution in [0.5, 0.6) is 0 Å². The number of aromatic nitrogens is 1. The van der Waals surface area contributed by atoms with E-state index in [9.17, 15) is 14.9 Å². The van der Waals surface area contributed by atoms with Crippen molar-refractivity contribution in [1.82, 2.24) is 10.3 Å². The maximum Gasteiger partial charge on any atom is 0.296 e. The summed E-state index contributed by atoms with van der Waals surface area (Å²) in [5, 5.41) is 16.1. The number of nitrogens with zero attached hydrogens (tertiary/aromatic N) is 2. The maximum atomic E-state index is 11.6. The average Bonchev–Trinajstić information content (AvgIpc) is 2.79. The summed E-state index contributed by atoms with van der Waals surface area (Å²) in [6.45, 7) is 4.02. The number of carbonyl (C=O) groups is 1. The molecule has 2 N–H and O–H groups in total. The smallest absolute Gasteiger partial charge is 0.296 e. The summed E-state index contributed by atoms with van der Waals surface area (Å²) >= 11 is 0. The number of nitro benzene ring substituents is 1. The number of fused-ring (bicyclic) bond motifs is 1. The number of hydrogen-bond donors (Lipinski definition) is 2. The third-order valence-electron chi connectivity index (χ3n) is 2.67. The Labute approximate surface area is 114 Å². The zero-order valence-corrected chi connectivity index (χ0v) is 11.0. The van der Waals surface area contributed by atoms with Gasteiger partial charge in [0.25, 0.3) is 11.7 Å². The Balaban J connectivity index is 2.19. The summed E-state index contributed by atoms with van der Waals surface area (Å²) in [5.41, 5.74) is 0.711. The van der Waals surface area contributed by atoms with E-state index in [1.807, 2.05) is 6.92 Å². The molecule has 1 amide bonds. The highest BCUT2D eigenvalue weighted by molar-refractivity contribution is 5.84. The number of non-ortho nitro benzene ring substituents is 1. The minimum atomic E-state index is -0.516. The van der Waals surface area contributed by atoms with Gasteiger partial charge in [0.1, 0.15) is 11.6 Å². The van der Waals surface area contributed by atoms with Crippen molar-refractivity contribution in [3.63, 3.8) is 0 Å². The molecule has 0 aliphatic rings. The summed E-state index contributed by atoms with van der Waals surface area (Å²) in [7, 11) is 0. The number of benzene rings is 1. The topological polar surface area (TPSA) is 110 Å². The Hall–Kier alpha value is -2.64. The highest BCUT2D eigenvalue weighted by Gasteiger charge is 2.16. The van der Waals surface area contributed by atoms with Crippen LogP contribution < -0.4 is 10.6 Å². The van der Waals surface area contributed by atoms with Crippen LogP contribution in [0.3, 0.4) is 0 Å². The molecule has 2 rings (SSSR count). The number of oxazole rings is 1. The summed E-state index contributed by atoms with van der Waals surface area (Å²) in [6, 6.07) is 3.78. The van der Waals surface area contributed by atoms with Crippen molar-refractivity contribution in [1.29, 1.82) is 0 Å². The molecule has 20 heavy (non-hydrogen) atoms. The van der Waals surface area contributed by atoms with E-state index in [1.54, 1.807) is 6.92 Å². The van der Waals surface area contributed by atoms with Gasteiger partial charge in [-0.25, -0.2) is 0 Å². The lowest BCUT2D eigenvalue weighted by atomic mass is 10.3. The van der Waals surface area contributed by atoms with Crippen molar-refractivity contribution in [3.05, 3.63) is 28.3 Å². The molecule has 0 spiro atoms. The molecule has 0 bridgehead atoms. The van der Waals surface area contributed by atoms with Crippen molar-refractivity contribution in [2.75, 3.05) is 11.9 Å². The fourth-order valence-corrected chi connectivity index (χ4v) is 1.67. The molecule has 0 fully saturated rings. The first kappa shape index (κ1) is 13.8. The molecule has 0 aliphatic heterocycles. The quantitative estimate of drug-likeness (QED) is 0.635. The van der Waals surface area contributed by atoms with Crippen LogP contribution in [-0.2, 0) is 4.79 Å². The molecule has 0 saturated heterocycles. The van der Waals surface area contributed by atoms with Crippen molar-refractivity contribution in [2.45, 2.75) is 19.9 Å². The van der Waals surface area contributed by atoms with Gasteiger partial charge in [-0.05, 0) is 19.9 Å². The molecular weight excluding hydrogens is 264 g/mol. The summed E-state index contributed by atoms with van der Waals surface area (Å²) in [6.07, 6.45) is 0. The van der Waals surface area contributed by atoms with Crippen LogP contribution in [0.2, 0.25) is 0 Å². The van der Waals surface area contributed by atoms with Gasteiger partial charge in [-0.3, -0.25) is 14.9 Å². The number of carbonyl (C=O) groups excluding carboxylic acids is 1. The SMILES string of the molecule is CCNC(=O)C(C)Nc1nc2ccc([N+](=O)[O-])cc2o1. The van der Waals surface area contributed by atoms with Crippen LogP contribution in [0.4, 0.5) is 11.7 Å². The van der Waals surface area contributed by atoms with Crippen molar-refractivity contribution < 1.29 is 14.1 Å². The zero-order chi connectivity index (χ0) is 14.7. The molecular formula is C12H14N4O4. The predicted molar refractivity (Wildman–Crippen MR) is 72.4 cm³/mol. The Morgan fingerprint density at radius 3 is 2.95 bits per heavy atom. The van der Waals surface area contributed by atoms with Crippen LogP contribution in [0, 0.1) is 10.1 Å². The minimum Gasteiger partial charge on any atom is -0.423 e. The van der Waals surface area contributed by atoms with Crippen molar-refractivity contribution in [3.8, 4) is 0 Å². The second-order valence-corrected chi connectivity index (χ2v) is 4.19. The van der Waals surface area contributed by atoms with Gasteiger partial charge < -0.3 is 15.1 Å². The molecule has 0 radical (unpaired) electrons. The van der Waals surface area contributed by atoms with Gasteiger partial charge in [0.2, 0.25) is 5.91 Å². The van der Waals surface area contributed by atoms with Gasteiger partial charge in [-0.15, -0.1) is 0 Å². The Morgan fingerprint density at radius 1 is 1.55 bits per heavy atom. The van der Waals surface area contributed by atoms with Crippen LogP contribution in [-0.4, -0.2) is 28.4 Å². The van der Waals surface area contributed by atoms with Gasteiger partial charge in [-0.1, -0.05) is 0 Å². The first-order valence-corrected chi connectivity index (χ1v) is 6.10. The maximum absolute atomic E-state index is 11.6. The molecule has 1 heterocycles. The van der Waals surface area contributed by atoms with Crippen LogP contribution in [0.1, 0.15) is 13.8 Å². The summed E-state index contributed by atoms with van der Waals surface area (Å²) in [5.74, 6) is -0.180. The Morgan fingerprint density at radius 2 is 2.30 bits per heavy atom. The van der Waals surface area contributed by atoms with E-state index in [-0.39, 0.29) is 17.6 Å². The first-order valence-electron chi connectivity index (χ1n) is 6.10. The minimum absolute atomic E-state index is 0.0722. The monoisotopic (exact) mass is 278 g/mol. The third kappa shape index (κ3) is 2.85. The van der Waals surface area contributed by atoms with E-state index in [4.69, 9.17) is 4.42 Å². The van der Waals surface area contributed by atoms with E-state index in [1.165, 1.54) is 18.2 Å². The lowest BCUT2D eigenvalue weighted by Crippen LogP contribution is -2.37. The van der Waals surface area contributed by atoms with Gasteiger partial charge in [0.15, 0.2) is 5.58 Å². The molecule has 2 aromatic rings. The number of nitrogens with one attached hydrogen (secondary N) is 2. The molecule has 0 saturated carbocycles. The van der Waals surface area contributed by atoms with Crippen molar-refractivity contribution >= 4 is 28.7 Å². The molecule has 1 aromatic carbocycles. The molecule has 1 aromatic heterocycles. The second kappa shape index (κ2) is 5.55. The van der Waals surface area contributed by atoms with Gasteiger partial charge in [0.05, 0.1) is 11.0 Å². The van der Waals surface area contributed by atoms with E-state index in [0.29, 0.717) is 17.6 Å². The molecule has 1 atom stereocenters. The number of hydrogen-bond acceptors (Lipinski definition) is 6. The van der Waals surface area contributed by atoms with Crippen LogP contribution in [0.25, 0.3) is 11.1 Å². The van der Waals surface area contributed by atoms with E-state index < -0.39 is 11.0 Å². The van der Waals surface area contributed by atoms with Gasteiger partial charge >= 0.3 is 0 Å². The zero-order valence-electron chi connectivity index (χ0n) is 11.0. The van der Waals surface area contributed by atoms with Crippen LogP contribution >= 0.6 is 0 Å². The molecule has 8 heteroatoms. The van der Waals surface area contributed by atoms with Crippen molar-refractivity contribution in [2.24, 2.45) is 0 Å². The highest BCUT2D eigenvalue weighted by atomic mass is 16.6. The number of likely N-dealkylation sites (N-methyl/N-ethyl adjacent to an activating group) is 1. The average molecular weight is 278 g/mol. The predicted octanol–water partition coefficient (Wildman–Crippen LogP) is 1.67. The number of rotatable bonds is 5. The van der Waals surface area contributed by atoms with Crippen LogP contribution in [0.15, 0.2) is 22.6 Å². The Bertz CT molecular complexity index is 652. The second-order valence-electron chi connectivity index (χ2n) is 4.19. The number of anilines is 1. The van der Waals surface area contributed by atoms with Gasteiger partial charge in [0, 0.05) is 12.6 Å². The fraction of sp³-hybridized carbons (Fsp3) is 0.333. The number of amides is 1. The number of nitro groups is 1. The standard InChI is InChI=1S/C12H14N4O4/c1-3-13-11(17)7(2)14-12-15-9-5-4-8(16(18)19)6-10(9)20-12/h4-7H,3H2,1-2H3,(H,13,17)(H,14,15). The Kier molecular flexibility index (Phi) is 3.83. The highest BCUT2D eigenvalue weighted by Crippen LogP contribution is 2.23. The molecule has 8 nitrogen and oxygen atoms in total. The third-order valence-corrected chi connectivity index (χ3v) is 2.67. The molecule has 106 valence electrons. The molecule has 1 unspecified atom stereocenters. The van der Waals surface area contributed by atoms with E-state index >= 15 is 0 Å². The lowest BCUT2D eigenvalue weighted by molar-refractivity contribution is -0.384. The molecule has 0 aliphatic carbocycles. The van der Waals surface area contributed by atoms with E-state index in [2.05, 4.69) is 15.6 Å². The normalized spacial score (nSPS) is 12.1. The fourth-order valence-electron chi connectivity index (χ4n) is 1.67.